The molecule has 0 saturated heterocycles. The van der Waals surface area contributed by atoms with E-state index in [-0.39, 0.29) is 17.9 Å². The maximum atomic E-state index is 11.6. The second-order valence-corrected chi connectivity index (χ2v) is 6.46. The summed E-state index contributed by atoms with van der Waals surface area (Å²) < 4.78 is 1.06. The van der Waals surface area contributed by atoms with Gasteiger partial charge in [-0.2, -0.15) is 0 Å². The Morgan fingerprint density at radius 3 is 2.89 bits per heavy atom. The first-order chi connectivity index (χ1) is 8.56. The molecule has 1 N–H and O–H groups in total. The smallest absolute Gasteiger partial charge is 0.250 e. The lowest BCUT2D eigenvalue weighted by atomic mass is 10.1. The van der Waals surface area contributed by atoms with Crippen LogP contribution in [0.4, 0.5) is 0 Å². The number of hydrogen-bond donors (Lipinski definition) is 1. The van der Waals surface area contributed by atoms with Gasteiger partial charge in [-0.3, -0.25) is 9.79 Å². The number of rotatable bonds is 4. The van der Waals surface area contributed by atoms with Crippen LogP contribution in [0, 0.1) is 5.92 Å². The molecular formula is C13H15BrN2OS. The zero-order chi connectivity index (χ0) is 13.1. The van der Waals surface area contributed by atoms with Crippen LogP contribution in [-0.2, 0) is 4.79 Å². The molecule has 0 bridgehead atoms. The average molecular weight is 327 g/mol. The molecule has 3 nitrogen and oxygen atoms in total. The molecule has 96 valence electrons. The van der Waals surface area contributed by atoms with Gasteiger partial charge in [0.15, 0.2) is 0 Å². The maximum absolute atomic E-state index is 11.6. The average Bonchev–Trinajstić information content (AvgIpc) is 2.68. The molecule has 1 aromatic rings. The summed E-state index contributed by atoms with van der Waals surface area (Å²) in [6.45, 7) is 4.02. The number of halogens is 1. The summed E-state index contributed by atoms with van der Waals surface area (Å²) in [5, 5.41) is 2.85. The molecule has 1 heterocycles. The predicted molar refractivity (Wildman–Crippen MR) is 79.1 cm³/mol. The van der Waals surface area contributed by atoms with Gasteiger partial charge in [-0.25, -0.2) is 0 Å². The summed E-state index contributed by atoms with van der Waals surface area (Å²) in [6.07, 6.45) is 0. The van der Waals surface area contributed by atoms with E-state index in [1.54, 1.807) is 11.8 Å². The lowest BCUT2D eigenvalue weighted by molar-refractivity contribution is -0.120. The van der Waals surface area contributed by atoms with Crippen molar-refractivity contribution in [1.29, 1.82) is 0 Å². The molecule has 0 radical (unpaired) electrons. The first-order valence-corrected chi connectivity index (χ1v) is 7.60. The van der Waals surface area contributed by atoms with Crippen molar-refractivity contribution in [3.63, 3.8) is 0 Å². The number of benzene rings is 1. The summed E-state index contributed by atoms with van der Waals surface area (Å²) in [4.78, 5) is 17.2. The normalized spacial score (nSPS) is 19.0. The summed E-state index contributed by atoms with van der Waals surface area (Å²) >= 11 is 5.11. The van der Waals surface area contributed by atoms with E-state index in [1.807, 2.05) is 32.0 Å². The third-order valence-electron chi connectivity index (χ3n) is 2.63. The minimum atomic E-state index is -0.219. The van der Waals surface area contributed by atoms with Gasteiger partial charge in [-0.1, -0.05) is 35.8 Å². The van der Waals surface area contributed by atoms with E-state index in [9.17, 15) is 4.79 Å². The van der Waals surface area contributed by atoms with Crippen molar-refractivity contribution in [3.8, 4) is 0 Å². The van der Waals surface area contributed by atoms with Gasteiger partial charge in [0, 0.05) is 9.37 Å². The Morgan fingerprint density at radius 1 is 1.50 bits per heavy atom. The Kier molecular flexibility index (Phi) is 4.45. The lowest BCUT2D eigenvalue weighted by Crippen LogP contribution is -2.31. The predicted octanol–water partition coefficient (Wildman–Crippen LogP) is 3.09. The second kappa shape index (κ2) is 5.89. The van der Waals surface area contributed by atoms with Gasteiger partial charge >= 0.3 is 0 Å². The van der Waals surface area contributed by atoms with E-state index in [0.717, 1.165) is 15.2 Å². The SMILES string of the molecule is CC(C)C1N=C(CSc2cccc(Br)c2)NC1=O. The van der Waals surface area contributed by atoms with Gasteiger partial charge in [-0.05, 0) is 24.1 Å². The highest BCUT2D eigenvalue weighted by atomic mass is 79.9. The van der Waals surface area contributed by atoms with Gasteiger partial charge < -0.3 is 5.32 Å². The van der Waals surface area contributed by atoms with E-state index in [4.69, 9.17) is 0 Å². The first kappa shape index (κ1) is 13.6. The summed E-state index contributed by atoms with van der Waals surface area (Å²) in [5.74, 6) is 1.75. The van der Waals surface area contributed by atoms with Gasteiger partial charge in [0.2, 0.25) is 5.91 Å². The van der Waals surface area contributed by atoms with Crippen LogP contribution < -0.4 is 5.32 Å². The monoisotopic (exact) mass is 326 g/mol. The van der Waals surface area contributed by atoms with E-state index in [2.05, 4.69) is 32.3 Å². The van der Waals surface area contributed by atoms with E-state index >= 15 is 0 Å². The van der Waals surface area contributed by atoms with Gasteiger partial charge in [0.25, 0.3) is 0 Å². The number of amidine groups is 1. The number of nitrogens with one attached hydrogen (secondary N) is 1. The zero-order valence-electron chi connectivity index (χ0n) is 10.3. The Hall–Kier alpha value is -0.810. The molecule has 1 atom stereocenters. The Morgan fingerprint density at radius 2 is 2.28 bits per heavy atom. The van der Waals surface area contributed by atoms with Crippen LogP contribution in [0.2, 0.25) is 0 Å². The maximum Gasteiger partial charge on any atom is 0.250 e. The Bertz CT molecular complexity index is 488. The number of aliphatic imine (C=N–C) groups is 1. The molecule has 1 amide bonds. The molecule has 5 heteroatoms. The van der Waals surface area contributed by atoms with Crippen molar-refractivity contribution in [2.24, 2.45) is 10.9 Å². The largest absolute Gasteiger partial charge is 0.312 e. The van der Waals surface area contributed by atoms with Crippen LogP contribution in [0.15, 0.2) is 38.6 Å². The van der Waals surface area contributed by atoms with Crippen molar-refractivity contribution < 1.29 is 4.79 Å². The van der Waals surface area contributed by atoms with Crippen molar-refractivity contribution >= 4 is 39.4 Å². The number of hydrogen-bond acceptors (Lipinski definition) is 3. The molecule has 0 aliphatic carbocycles. The lowest BCUT2D eigenvalue weighted by Gasteiger charge is -2.06. The van der Waals surface area contributed by atoms with Gasteiger partial charge in [-0.15, -0.1) is 11.8 Å². The minimum absolute atomic E-state index is 0.0230. The zero-order valence-corrected chi connectivity index (χ0v) is 12.7. The molecule has 0 saturated carbocycles. The number of nitrogens with zero attached hydrogens (tertiary/aromatic N) is 1. The highest BCUT2D eigenvalue weighted by Gasteiger charge is 2.28. The Labute approximate surface area is 120 Å². The molecule has 1 aromatic carbocycles. The minimum Gasteiger partial charge on any atom is -0.312 e. The molecular weight excluding hydrogens is 312 g/mol. The molecule has 2 rings (SSSR count). The van der Waals surface area contributed by atoms with Crippen LogP contribution in [0.3, 0.4) is 0 Å². The summed E-state index contributed by atoms with van der Waals surface area (Å²) in [5.41, 5.74) is 0. The molecule has 1 aliphatic heterocycles. The summed E-state index contributed by atoms with van der Waals surface area (Å²) in [6, 6.07) is 7.88. The molecule has 0 aromatic heterocycles. The Balaban J connectivity index is 1.95. The first-order valence-electron chi connectivity index (χ1n) is 5.82. The van der Waals surface area contributed by atoms with E-state index in [1.165, 1.54) is 0 Å². The van der Waals surface area contributed by atoms with Crippen molar-refractivity contribution in [3.05, 3.63) is 28.7 Å². The standard InChI is InChI=1S/C13H15BrN2OS/c1-8(2)12-13(17)16-11(15-12)7-18-10-5-3-4-9(14)6-10/h3-6,8,12H,7H2,1-2H3,(H,15,16,17). The third kappa shape index (κ3) is 3.36. The van der Waals surface area contributed by atoms with Crippen LogP contribution in [0.1, 0.15) is 13.8 Å². The number of carbonyl (C=O) groups excluding carboxylic acids is 1. The molecule has 1 unspecified atom stereocenters. The van der Waals surface area contributed by atoms with Crippen molar-refractivity contribution in [2.75, 3.05) is 5.75 Å². The van der Waals surface area contributed by atoms with E-state index in [0.29, 0.717) is 5.75 Å². The van der Waals surface area contributed by atoms with Crippen LogP contribution in [0.25, 0.3) is 0 Å². The quantitative estimate of drug-likeness (QED) is 0.864. The van der Waals surface area contributed by atoms with Crippen molar-refractivity contribution in [2.45, 2.75) is 24.8 Å². The van der Waals surface area contributed by atoms with Gasteiger partial charge in [0.05, 0.1) is 5.75 Å². The molecule has 18 heavy (non-hydrogen) atoms. The second-order valence-electron chi connectivity index (χ2n) is 4.50. The third-order valence-corrected chi connectivity index (χ3v) is 4.13. The van der Waals surface area contributed by atoms with Gasteiger partial charge in [0.1, 0.15) is 11.9 Å². The fraction of sp³-hybridized carbons (Fsp3) is 0.385. The number of amides is 1. The highest BCUT2D eigenvalue weighted by Crippen LogP contribution is 2.23. The fourth-order valence-corrected chi connectivity index (χ4v) is 3.09. The number of carbonyl (C=O) groups is 1. The topological polar surface area (TPSA) is 41.5 Å². The van der Waals surface area contributed by atoms with Crippen LogP contribution >= 0.6 is 27.7 Å². The number of thioether (sulfide) groups is 1. The highest BCUT2D eigenvalue weighted by molar-refractivity contribution is 9.10. The molecule has 0 fully saturated rings. The molecule has 1 aliphatic rings. The van der Waals surface area contributed by atoms with Crippen LogP contribution in [-0.4, -0.2) is 23.5 Å². The summed E-state index contributed by atoms with van der Waals surface area (Å²) in [7, 11) is 0. The van der Waals surface area contributed by atoms with Crippen molar-refractivity contribution in [1.82, 2.24) is 5.32 Å². The van der Waals surface area contributed by atoms with Crippen LogP contribution in [0.5, 0.6) is 0 Å². The van der Waals surface area contributed by atoms with E-state index < -0.39 is 0 Å². The molecule has 0 spiro atoms. The fourth-order valence-electron chi connectivity index (χ4n) is 1.71.